The fourth-order valence-electron chi connectivity index (χ4n) is 4.75. The first-order valence-corrected chi connectivity index (χ1v) is 13.5. The molecule has 220 valence electrons. The Labute approximate surface area is 238 Å². The minimum absolute atomic E-state index is 0.0806. The first-order valence-electron chi connectivity index (χ1n) is 13.5. The van der Waals surface area contributed by atoms with Gasteiger partial charge in [0.2, 0.25) is 11.8 Å². The number of nitrogen functional groups attached to an aromatic ring is 1. The van der Waals surface area contributed by atoms with Gasteiger partial charge < -0.3 is 31.2 Å². The summed E-state index contributed by atoms with van der Waals surface area (Å²) in [5.41, 5.74) is 6.53. The molecular formula is C28H38N8O5. The molecule has 1 aliphatic rings. The van der Waals surface area contributed by atoms with Crippen LogP contribution in [0.4, 0.5) is 10.6 Å². The van der Waals surface area contributed by atoms with E-state index in [2.05, 4.69) is 31.0 Å². The van der Waals surface area contributed by atoms with Gasteiger partial charge in [0.15, 0.2) is 5.82 Å². The molecule has 0 atom stereocenters. The van der Waals surface area contributed by atoms with Gasteiger partial charge in [-0.1, -0.05) is 0 Å². The van der Waals surface area contributed by atoms with E-state index in [1.165, 1.54) is 13.4 Å². The summed E-state index contributed by atoms with van der Waals surface area (Å²) in [7, 11) is 1.53. The fraction of sp³-hybridized carbons (Fsp3) is 0.500. The van der Waals surface area contributed by atoms with E-state index in [4.69, 9.17) is 15.2 Å². The van der Waals surface area contributed by atoms with Crippen molar-refractivity contribution in [1.82, 2.24) is 35.5 Å². The normalized spacial score (nSPS) is 17.5. The van der Waals surface area contributed by atoms with Crippen LogP contribution in [0.15, 0.2) is 30.7 Å². The summed E-state index contributed by atoms with van der Waals surface area (Å²) in [6.07, 6.45) is 4.98. The van der Waals surface area contributed by atoms with Crippen molar-refractivity contribution >= 4 is 29.2 Å². The monoisotopic (exact) mass is 566 g/mol. The van der Waals surface area contributed by atoms with E-state index in [0.29, 0.717) is 48.3 Å². The number of anilines is 1. The third kappa shape index (κ3) is 7.02. The number of amides is 3. The molecule has 0 unspecified atom stereocenters. The molecule has 3 aromatic heterocycles. The van der Waals surface area contributed by atoms with E-state index in [1.807, 2.05) is 0 Å². The van der Waals surface area contributed by atoms with Crippen LogP contribution in [-0.4, -0.2) is 67.8 Å². The molecule has 1 aliphatic carbocycles. The number of hydrogen-bond donors (Lipinski definition) is 4. The zero-order valence-electron chi connectivity index (χ0n) is 24.3. The number of hydrogen-bond acceptors (Lipinski definition) is 9. The van der Waals surface area contributed by atoms with Crippen molar-refractivity contribution in [3.63, 3.8) is 0 Å². The predicted octanol–water partition coefficient (Wildman–Crippen LogP) is 2.84. The van der Waals surface area contributed by atoms with Crippen molar-refractivity contribution in [2.75, 3.05) is 12.8 Å². The Hall–Kier alpha value is -4.42. The molecule has 0 radical (unpaired) electrons. The molecule has 13 nitrogen and oxygen atoms in total. The largest absolute Gasteiger partial charge is 0.481 e. The average molecular weight is 567 g/mol. The Kier molecular flexibility index (Phi) is 8.36. The number of fused-ring (bicyclic) bond motifs is 1. The van der Waals surface area contributed by atoms with Crippen molar-refractivity contribution in [3.05, 3.63) is 36.3 Å². The minimum Gasteiger partial charge on any atom is -0.481 e. The van der Waals surface area contributed by atoms with Crippen LogP contribution < -0.4 is 26.4 Å². The number of carbonyl (C=O) groups is 3. The Balaban J connectivity index is 1.39. The second-order valence-corrected chi connectivity index (χ2v) is 11.7. The highest BCUT2D eigenvalue weighted by Crippen LogP contribution is 2.29. The van der Waals surface area contributed by atoms with Crippen molar-refractivity contribution in [3.8, 4) is 17.1 Å². The molecule has 3 heterocycles. The second-order valence-electron chi connectivity index (χ2n) is 11.7. The van der Waals surface area contributed by atoms with Crippen molar-refractivity contribution < 1.29 is 23.9 Å². The van der Waals surface area contributed by atoms with E-state index in [1.54, 1.807) is 63.5 Å². The maximum absolute atomic E-state index is 13.4. The number of nitrogens with one attached hydrogen (secondary N) is 3. The van der Waals surface area contributed by atoms with Crippen molar-refractivity contribution in [2.45, 2.75) is 83.5 Å². The Morgan fingerprint density at radius 3 is 2.29 bits per heavy atom. The molecule has 0 spiro atoms. The van der Waals surface area contributed by atoms with Gasteiger partial charge in [-0.3, -0.25) is 9.59 Å². The van der Waals surface area contributed by atoms with Crippen LogP contribution in [-0.2, 0) is 9.53 Å². The number of nitrogens with two attached hydrogens (primary N) is 1. The summed E-state index contributed by atoms with van der Waals surface area (Å²) in [4.78, 5) is 46.7. The number of ether oxygens (including phenoxy) is 2. The first kappa shape index (κ1) is 29.6. The molecular weight excluding hydrogens is 528 g/mol. The number of alkyl carbamates (subject to hydrolysis) is 1. The van der Waals surface area contributed by atoms with Gasteiger partial charge in [0.25, 0.3) is 5.91 Å². The third-order valence-electron chi connectivity index (χ3n) is 6.85. The van der Waals surface area contributed by atoms with Crippen molar-refractivity contribution in [1.29, 1.82) is 0 Å². The molecule has 0 saturated heterocycles. The number of carbonyl (C=O) groups excluding carboxylic acids is 3. The van der Waals surface area contributed by atoms with Gasteiger partial charge in [-0.05, 0) is 72.4 Å². The minimum atomic E-state index is -1.15. The highest BCUT2D eigenvalue weighted by atomic mass is 16.6. The summed E-state index contributed by atoms with van der Waals surface area (Å²) in [6, 6.07) is 5.11. The molecule has 0 aromatic carbocycles. The van der Waals surface area contributed by atoms with E-state index < -0.39 is 17.2 Å². The number of nitrogens with zero attached hydrogens (tertiary/aromatic N) is 4. The summed E-state index contributed by atoms with van der Waals surface area (Å²) in [5.74, 6) is 0.0307. The number of rotatable bonds is 7. The van der Waals surface area contributed by atoms with Crippen LogP contribution in [0, 0.1) is 0 Å². The second kappa shape index (κ2) is 11.6. The van der Waals surface area contributed by atoms with Crippen LogP contribution in [0.2, 0.25) is 0 Å². The van der Waals surface area contributed by atoms with Gasteiger partial charge in [-0.25, -0.2) is 19.3 Å². The molecule has 0 bridgehead atoms. The Morgan fingerprint density at radius 2 is 1.66 bits per heavy atom. The standard InChI is InChI=1S/C28H38N8O5/c1-27(2,3)41-26(39)35-28(4,5)25(38)34-18-9-7-17(8-10-18)33-24(37)19-14-20(16-11-12-30-21(13-16)40-6)36-22(19)23(29)31-15-32-36/h11-15,17-18H,7-10H2,1-6H3,(H,33,37)(H,34,38)(H,35,39)(H2,29,31,32). The quantitative estimate of drug-likeness (QED) is 0.335. The summed E-state index contributed by atoms with van der Waals surface area (Å²) < 4.78 is 12.1. The van der Waals surface area contributed by atoms with Crippen LogP contribution >= 0.6 is 0 Å². The van der Waals surface area contributed by atoms with Gasteiger partial charge in [-0.15, -0.1) is 0 Å². The molecule has 3 amide bonds. The summed E-state index contributed by atoms with van der Waals surface area (Å²) in [6.45, 7) is 8.54. The lowest BCUT2D eigenvalue weighted by molar-refractivity contribution is -0.127. The van der Waals surface area contributed by atoms with E-state index in [0.717, 1.165) is 5.56 Å². The highest BCUT2D eigenvalue weighted by molar-refractivity contribution is 6.05. The Bertz CT molecular complexity index is 1440. The summed E-state index contributed by atoms with van der Waals surface area (Å²) >= 11 is 0. The topological polar surface area (TPSA) is 175 Å². The van der Waals surface area contributed by atoms with Gasteiger partial charge in [0.05, 0.1) is 18.4 Å². The number of aromatic nitrogens is 4. The molecule has 5 N–H and O–H groups in total. The van der Waals surface area contributed by atoms with Crippen LogP contribution in [0.1, 0.15) is 70.7 Å². The smallest absolute Gasteiger partial charge is 0.408 e. The number of pyridine rings is 1. The third-order valence-corrected chi connectivity index (χ3v) is 6.85. The van der Waals surface area contributed by atoms with Gasteiger partial charge in [0.1, 0.15) is 23.0 Å². The van der Waals surface area contributed by atoms with E-state index in [9.17, 15) is 14.4 Å². The first-order chi connectivity index (χ1) is 19.3. The zero-order valence-corrected chi connectivity index (χ0v) is 24.3. The molecule has 4 rings (SSSR count). The molecule has 1 fully saturated rings. The molecule has 41 heavy (non-hydrogen) atoms. The van der Waals surface area contributed by atoms with Gasteiger partial charge in [0, 0.05) is 29.9 Å². The molecule has 13 heteroatoms. The lowest BCUT2D eigenvalue weighted by Crippen LogP contribution is -2.58. The predicted molar refractivity (Wildman–Crippen MR) is 152 cm³/mol. The molecule has 3 aromatic rings. The lowest BCUT2D eigenvalue weighted by Gasteiger charge is -2.33. The van der Waals surface area contributed by atoms with Crippen LogP contribution in [0.5, 0.6) is 5.88 Å². The fourth-order valence-corrected chi connectivity index (χ4v) is 4.75. The average Bonchev–Trinajstić information content (AvgIpc) is 3.29. The van der Waals surface area contributed by atoms with Crippen LogP contribution in [0.3, 0.4) is 0 Å². The summed E-state index contributed by atoms with van der Waals surface area (Å²) in [5, 5.41) is 13.1. The SMILES string of the molecule is COc1cc(-c2cc(C(=O)NC3CCC(NC(=O)C(C)(C)NC(=O)OC(C)(C)C)CC3)c3c(N)ncnn23)ccn1. The Morgan fingerprint density at radius 1 is 1.00 bits per heavy atom. The van der Waals surface area contributed by atoms with E-state index in [-0.39, 0.29) is 29.7 Å². The van der Waals surface area contributed by atoms with Crippen LogP contribution in [0.25, 0.3) is 16.8 Å². The van der Waals surface area contributed by atoms with Gasteiger partial charge in [-0.2, -0.15) is 5.10 Å². The maximum Gasteiger partial charge on any atom is 0.408 e. The van der Waals surface area contributed by atoms with Crippen molar-refractivity contribution in [2.24, 2.45) is 0 Å². The van der Waals surface area contributed by atoms with E-state index >= 15 is 0 Å². The lowest BCUT2D eigenvalue weighted by atomic mass is 9.90. The maximum atomic E-state index is 13.4. The van der Waals surface area contributed by atoms with Gasteiger partial charge >= 0.3 is 6.09 Å². The molecule has 0 aliphatic heterocycles. The zero-order chi connectivity index (χ0) is 29.9. The molecule has 1 saturated carbocycles. The number of methoxy groups -OCH3 is 1. The highest BCUT2D eigenvalue weighted by Gasteiger charge is 2.34.